The van der Waals surface area contributed by atoms with Gasteiger partial charge in [0.25, 0.3) is 0 Å². The molecule has 0 aliphatic carbocycles. The average Bonchev–Trinajstić information content (AvgIpc) is 2.70. The van der Waals surface area contributed by atoms with Gasteiger partial charge in [0.15, 0.2) is 0 Å². The second-order valence-corrected chi connectivity index (χ2v) is 4.90. The molecule has 1 aliphatic rings. The molecule has 0 spiro atoms. The van der Waals surface area contributed by atoms with Crippen LogP contribution in [-0.4, -0.2) is 24.2 Å². The first-order valence-electron chi connectivity index (χ1n) is 4.48. The van der Waals surface area contributed by atoms with Crippen molar-refractivity contribution in [2.75, 3.05) is 19.0 Å². The molecule has 1 rings (SSSR count). The first kappa shape index (κ1) is 9.40. The summed E-state index contributed by atoms with van der Waals surface area (Å²) >= 11 is 2.01. The van der Waals surface area contributed by atoms with Crippen LogP contribution in [0.15, 0.2) is 0 Å². The number of hydrogen-bond acceptors (Lipinski definition) is 2. The third-order valence-electron chi connectivity index (χ3n) is 1.78. The summed E-state index contributed by atoms with van der Waals surface area (Å²) in [7, 11) is 0. The summed E-state index contributed by atoms with van der Waals surface area (Å²) in [5, 5.41) is 0.842. The summed E-state index contributed by atoms with van der Waals surface area (Å²) in [4.78, 5) is 0. The van der Waals surface area contributed by atoms with E-state index in [2.05, 4.69) is 13.8 Å². The highest BCUT2D eigenvalue weighted by Gasteiger charge is 2.21. The van der Waals surface area contributed by atoms with Crippen LogP contribution >= 0.6 is 11.8 Å². The molecule has 1 heterocycles. The molecule has 0 bridgehead atoms. The number of rotatable bonds is 6. The highest BCUT2D eigenvalue weighted by molar-refractivity contribution is 8.06. The fourth-order valence-corrected chi connectivity index (χ4v) is 1.40. The third-order valence-corrected chi connectivity index (χ3v) is 2.72. The minimum atomic E-state index is 0.828. The van der Waals surface area contributed by atoms with Gasteiger partial charge in [-0.2, -0.15) is 11.8 Å². The zero-order chi connectivity index (χ0) is 8.10. The van der Waals surface area contributed by atoms with Crippen LogP contribution in [0.25, 0.3) is 0 Å². The molecule has 0 saturated carbocycles. The Morgan fingerprint density at radius 2 is 2.27 bits per heavy atom. The van der Waals surface area contributed by atoms with Crippen LogP contribution in [0.3, 0.4) is 0 Å². The monoisotopic (exact) mass is 174 g/mol. The van der Waals surface area contributed by atoms with Gasteiger partial charge in [-0.15, -0.1) is 0 Å². The molecule has 1 saturated heterocycles. The molecule has 0 aromatic heterocycles. The highest BCUT2D eigenvalue weighted by atomic mass is 32.2. The lowest BCUT2D eigenvalue weighted by Gasteiger charge is -2.04. The Bertz CT molecular complexity index is 95.7. The van der Waals surface area contributed by atoms with Crippen molar-refractivity contribution in [1.29, 1.82) is 0 Å². The van der Waals surface area contributed by atoms with Gasteiger partial charge < -0.3 is 4.74 Å². The van der Waals surface area contributed by atoms with Gasteiger partial charge in [0, 0.05) is 17.6 Å². The van der Waals surface area contributed by atoms with Crippen LogP contribution in [0, 0.1) is 5.92 Å². The number of ether oxygens (including phenoxy) is 1. The van der Waals surface area contributed by atoms with Crippen molar-refractivity contribution in [2.45, 2.75) is 31.9 Å². The van der Waals surface area contributed by atoms with Gasteiger partial charge in [-0.1, -0.05) is 13.8 Å². The van der Waals surface area contributed by atoms with Crippen molar-refractivity contribution in [1.82, 2.24) is 0 Å². The molecular formula is C9H18OS. The molecule has 0 N–H and O–H groups in total. The predicted molar refractivity (Wildman–Crippen MR) is 51.1 cm³/mol. The van der Waals surface area contributed by atoms with Crippen LogP contribution < -0.4 is 0 Å². The summed E-state index contributed by atoms with van der Waals surface area (Å²) in [5.41, 5.74) is 0. The topological polar surface area (TPSA) is 9.23 Å². The molecule has 0 aromatic rings. The quantitative estimate of drug-likeness (QED) is 0.452. The van der Waals surface area contributed by atoms with Gasteiger partial charge >= 0.3 is 0 Å². The number of hydrogen-bond donors (Lipinski definition) is 0. The van der Waals surface area contributed by atoms with Crippen molar-refractivity contribution in [3.05, 3.63) is 0 Å². The van der Waals surface area contributed by atoms with Gasteiger partial charge in [-0.3, -0.25) is 0 Å². The lowest BCUT2D eigenvalue weighted by atomic mass is 10.1. The molecule has 66 valence electrons. The predicted octanol–water partition coefficient (Wildman–Crippen LogP) is 2.55. The standard InChI is InChI=1S/C9H18OS/c1-8(2)4-3-5-10-6-9-7-11-9/h8-9H,3-7H2,1-2H3. The highest BCUT2D eigenvalue weighted by Crippen LogP contribution is 2.29. The van der Waals surface area contributed by atoms with E-state index in [1.807, 2.05) is 11.8 Å². The van der Waals surface area contributed by atoms with Crippen molar-refractivity contribution < 1.29 is 4.74 Å². The molecule has 1 unspecified atom stereocenters. The molecule has 11 heavy (non-hydrogen) atoms. The lowest BCUT2D eigenvalue weighted by molar-refractivity contribution is 0.135. The van der Waals surface area contributed by atoms with Crippen molar-refractivity contribution in [2.24, 2.45) is 5.92 Å². The van der Waals surface area contributed by atoms with Crippen LogP contribution in [0.5, 0.6) is 0 Å². The molecule has 2 heteroatoms. The minimum absolute atomic E-state index is 0.828. The first-order chi connectivity index (χ1) is 5.29. The van der Waals surface area contributed by atoms with Crippen LogP contribution in [0.1, 0.15) is 26.7 Å². The van der Waals surface area contributed by atoms with Crippen LogP contribution in [-0.2, 0) is 4.74 Å². The third kappa shape index (κ3) is 5.57. The normalized spacial score (nSPS) is 22.6. The van der Waals surface area contributed by atoms with E-state index in [9.17, 15) is 0 Å². The second-order valence-electron chi connectivity index (χ2n) is 3.57. The largest absolute Gasteiger partial charge is 0.380 e. The first-order valence-corrected chi connectivity index (χ1v) is 5.53. The van der Waals surface area contributed by atoms with Gasteiger partial charge in [-0.25, -0.2) is 0 Å². The summed E-state index contributed by atoms with van der Waals surface area (Å²) in [5.74, 6) is 2.15. The average molecular weight is 174 g/mol. The van der Waals surface area contributed by atoms with Gasteiger partial charge in [0.1, 0.15) is 0 Å². The zero-order valence-electron chi connectivity index (χ0n) is 7.51. The molecule has 1 fully saturated rings. The Morgan fingerprint density at radius 3 is 2.82 bits per heavy atom. The van der Waals surface area contributed by atoms with Crippen LogP contribution in [0.2, 0.25) is 0 Å². The molecule has 1 atom stereocenters. The van der Waals surface area contributed by atoms with E-state index < -0.39 is 0 Å². The summed E-state index contributed by atoms with van der Waals surface area (Å²) in [6, 6.07) is 0. The molecule has 1 nitrogen and oxygen atoms in total. The molecule has 0 aromatic carbocycles. The van der Waals surface area contributed by atoms with E-state index in [-0.39, 0.29) is 0 Å². The lowest BCUT2D eigenvalue weighted by Crippen LogP contribution is -2.02. The Balaban J connectivity index is 1.73. The summed E-state index contributed by atoms with van der Waals surface area (Å²) in [6.45, 7) is 6.48. The van der Waals surface area contributed by atoms with E-state index in [0.717, 1.165) is 24.4 Å². The SMILES string of the molecule is CC(C)CCCOCC1CS1. The summed E-state index contributed by atoms with van der Waals surface area (Å²) in [6.07, 6.45) is 2.53. The maximum Gasteiger partial charge on any atom is 0.0593 e. The number of thioether (sulfide) groups is 1. The van der Waals surface area contributed by atoms with Gasteiger partial charge in [0.2, 0.25) is 0 Å². The second kappa shape index (κ2) is 5.04. The van der Waals surface area contributed by atoms with E-state index in [4.69, 9.17) is 4.74 Å². The van der Waals surface area contributed by atoms with Crippen LogP contribution in [0.4, 0.5) is 0 Å². The van der Waals surface area contributed by atoms with Crippen molar-refractivity contribution in [3.8, 4) is 0 Å². The van der Waals surface area contributed by atoms with E-state index >= 15 is 0 Å². The Hall–Kier alpha value is 0.310. The van der Waals surface area contributed by atoms with E-state index in [0.29, 0.717) is 0 Å². The Morgan fingerprint density at radius 1 is 1.55 bits per heavy atom. The molecule has 0 amide bonds. The fourth-order valence-electron chi connectivity index (χ4n) is 0.973. The van der Waals surface area contributed by atoms with E-state index in [1.54, 1.807) is 0 Å². The Kier molecular flexibility index (Phi) is 4.31. The Labute approximate surface area is 73.9 Å². The molecule has 0 radical (unpaired) electrons. The minimum Gasteiger partial charge on any atom is -0.380 e. The smallest absolute Gasteiger partial charge is 0.0593 e. The van der Waals surface area contributed by atoms with Gasteiger partial charge in [-0.05, 0) is 18.8 Å². The molecule has 1 aliphatic heterocycles. The van der Waals surface area contributed by atoms with Crippen molar-refractivity contribution in [3.63, 3.8) is 0 Å². The fraction of sp³-hybridized carbons (Fsp3) is 1.00. The van der Waals surface area contributed by atoms with Crippen molar-refractivity contribution >= 4 is 11.8 Å². The maximum absolute atomic E-state index is 5.49. The van der Waals surface area contributed by atoms with E-state index in [1.165, 1.54) is 18.6 Å². The molecular weight excluding hydrogens is 156 g/mol. The zero-order valence-corrected chi connectivity index (χ0v) is 8.32. The summed E-state index contributed by atoms with van der Waals surface area (Å²) < 4.78 is 5.49. The maximum atomic E-state index is 5.49. The van der Waals surface area contributed by atoms with Gasteiger partial charge in [0.05, 0.1) is 6.61 Å².